The summed E-state index contributed by atoms with van der Waals surface area (Å²) in [6.07, 6.45) is 2.87. The number of hydrogen-bond donors (Lipinski definition) is 1. The van der Waals surface area contributed by atoms with Crippen LogP contribution in [0.5, 0.6) is 0 Å². The second-order valence-corrected chi connectivity index (χ2v) is 12.2. The average Bonchev–Trinajstić information content (AvgIpc) is 2.51. The first-order chi connectivity index (χ1) is 11.0. The molecule has 0 aromatic heterocycles. The summed E-state index contributed by atoms with van der Waals surface area (Å²) in [5.41, 5.74) is 0.430. The number of rotatable bonds is 6. The van der Waals surface area contributed by atoms with E-state index in [1.165, 1.54) is 0 Å². The Morgan fingerprint density at radius 1 is 1.25 bits per heavy atom. The standard InChI is InChI=1S/C19H28O4Si/c1-8-16(23-24(6,7)19(3,4)5)17(20)14(2)22-18(21)15-12-10-9-11-13-15/h1,9-14,16-17,20H,2-7H3/t14-,16+,17-/m1/s1. The van der Waals surface area contributed by atoms with Crippen LogP contribution in [0.3, 0.4) is 0 Å². The molecule has 1 aromatic rings. The molecule has 0 bridgehead atoms. The van der Waals surface area contributed by atoms with Gasteiger partial charge < -0.3 is 14.3 Å². The smallest absolute Gasteiger partial charge is 0.338 e. The fraction of sp³-hybridized carbons (Fsp3) is 0.526. The summed E-state index contributed by atoms with van der Waals surface area (Å²) in [6.45, 7) is 12.0. The van der Waals surface area contributed by atoms with Crippen LogP contribution in [0.15, 0.2) is 30.3 Å². The van der Waals surface area contributed by atoms with Crippen molar-refractivity contribution in [2.75, 3.05) is 0 Å². The first kappa shape index (κ1) is 20.4. The number of aliphatic hydroxyl groups excluding tert-OH is 1. The molecule has 4 nitrogen and oxygen atoms in total. The van der Waals surface area contributed by atoms with E-state index in [-0.39, 0.29) is 5.04 Å². The molecular formula is C19H28O4Si. The summed E-state index contributed by atoms with van der Waals surface area (Å²) in [5, 5.41) is 10.4. The van der Waals surface area contributed by atoms with Crippen LogP contribution < -0.4 is 0 Å². The van der Waals surface area contributed by atoms with Crippen molar-refractivity contribution in [1.29, 1.82) is 0 Å². The van der Waals surface area contributed by atoms with E-state index < -0.39 is 32.6 Å². The van der Waals surface area contributed by atoms with Gasteiger partial charge in [-0.05, 0) is 37.2 Å². The van der Waals surface area contributed by atoms with Crippen LogP contribution in [0.25, 0.3) is 0 Å². The number of terminal acetylenes is 1. The van der Waals surface area contributed by atoms with Crippen molar-refractivity contribution in [3.63, 3.8) is 0 Å². The van der Waals surface area contributed by atoms with E-state index in [4.69, 9.17) is 15.6 Å². The highest BCUT2D eigenvalue weighted by Crippen LogP contribution is 2.37. The third-order valence-corrected chi connectivity index (χ3v) is 8.94. The lowest BCUT2D eigenvalue weighted by Crippen LogP contribution is -2.49. The molecule has 0 saturated carbocycles. The summed E-state index contributed by atoms with van der Waals surface area (Å²) in [6, 6.07) is 8.64. The molecule has 0 aliphatic carbocycles. The molecule has 0 radical (unpaired) electrons. The number of aliphatic hydroxyl groups is 1. The van der Waals surface area contributed by atoms with Crippen molar-refractivity contribution in [3.8, 4) is 12.3 Å². The highest BCUT2D eigenvalue weighted by Gasteiger charge is 2.41. The second-order valence-electron chi connectivity index (χ2n) is 7.43. The third kappa shape index (κ3) is 5.20. The van der Waals surface area contributed by atoms with Gasteiger partial charge in [-0.3, -0.25) is 0 Å². The van der Waals surface area contributed by atoms with Gasteiger partial charge in [0.25, 0.3) is 0 Å². The Morgan fingerprint density at radius 2 is 1.79 bits per heavy atom. The Labute approximate surface area is 146 Å². The average molecular weight is 349 g/mol. The lowest BCUT2D eigenvalue weighted by molar-refractivity contribution is -0.0430. The highest BCUT2D eigenvalue weighted by molar-refractivity contribution is 6.74. The molecule has 0 heterocycles. The van der Waals surface area contributed by atoms with Gasteiger partial charge in [-0.25, -0.2) is 4.79 Å². The molecule has 3 atom stereocenters. The highest BCUT2D eigenvalue weighted by atomic mass is 28.4. The molecule has 24 heavy (non-hydrogen) atoms. The zero-order valence-electron chi connectivity index (χ0n) is 15.4. The summed E-state index contributed by atoms with van der Waals surface area (Å²) < 4.78 is 11.4. The maximum absolute atomic E-state index is 12.1. The van der Waals surface area contributed by atoms with Crippen molar-refractivity contribution in [3.05, 3.63) is 35.9 Å². The third-order valence-electron chi connectivity index (χ3n) is 4.49. The van der Waals surface area contributed by atoms with Crippen molar-refractivity contribution in [1.82, 2.24) is 0 Å². The van der Waals surface area contributed by atoms with E-state index >= 15 is 0 Å². The zero-order chi connectivity index (χ0) is 18.5. The SMILES string of the molecule is C#C[C@H](O[Si](C)(C)C(C)(C)C)[C@H](O)[C@@H](C)OC(=O)c1ccccc1. The molecule has 0 aliphatic rings. The summed E-state index contributed by atoms with van der Waals surface area (Å²) >= 11 is 0. The van der Waals surface area contributed by atoms with Crippen LogP contribution in [-0.2, 0) is 9.16 Å². The Hall–Kier alpha value is -1.61. The first-order valence-electron chi connectivity index (χ1n) is 8.07. The number of ether oxygens (including phenoxy) is 1. The van der Waals surface area contributed by atoms with Gasteiger partial charge in [-0.1, -0.05) is 44.9 Å². The summed E-state index contributed by atoms with van der Waals surface area (Å²) in [4.78, 5) is 12.1. The minimum absolute atomic E-state index is 0.0359. The minimum atomic E-state index is -2.14. The van der Waals surface area contributed by atoms with Crippen LogP contribution in [0.2, 0.25) is 18.1 Å². The molecule has 1 N–H and O–H groups in total. The molecule has 132 valence electrons. The van der Waals surface area contributed by atoms with Gasteiger partial charge in [-0.15, -0.1) is 6.42 Å². The van der Waals surface area contributed by atoms with Crippen LogP contribution in [0, 0.1) is 12.3 Å². The predicted octanol–water partition coefficient (Wildman–Crippen LogP) is 3.62. The summed E-state index contributed by atoms with van der Waals surface area (Å²) in [7, 11) is -2.14. The maximum atomic E-state index is 12.1. The second kappa shape index (κ2) is 7.97. The molecule has 0 spiro atoms. The summed E-state index contributed by atoms with van der Waals surface area (Å²) in [5.74, 6) is 2.00. The molecule has 5 heteroatoms. The van der Waals surface area contributed by atoms with Crippen molar-refractivity contribution < 1.29 is 19.1 Å². The van der Waals surface area contributed by atoms with E-state index in [9.17, 15) is 9.90 Å². The van der Waals surface area contributed by atoms with Crippen molar-refractivity contribution in [2.24, 2.45) is 0 Å². The predicted molar refractivity (Wildman–Crippen MR) is 98.2 cm³/mol. The largest absolute Gasteiger partial charge is 0.456 e. The van der Waals surface area contributed by atoms with E-state index in [0.717, 1.165) is 0 Å². The Balaban J connectivity index is 2.77. The lowest BCUT2D eigenvalue weighted by atomic mass is 10.1. The molecule has 1 aromatic carbocycles. The molecule has 0 saturated heterocycles. The molecule has 0 aliphatic heterocycles. The van der Waals surface area contributed by atoms with Crippen LogP contribution in [0.1, 0.15) is 38.1 Å². The number of esters is 1. The zero-order valence-corrected chi connectivity index (χ0v) is 16.4. The van der Waals surface area contributed by atoms with Gasteiger partial charge in [0.05, 0.1) is 5.56 Å². The normalized spacial score (nSPS) is 15.9. The molecule has 0 unspecified atom stereocenters. The minimum Gasteiger partial charge on any atom is -0.456 e. The fourth-order valence-corrected chi connectivity index (χ4v) is 3.02. The van der Waals surface area contributed by atoms with Gasteiger partial charge in [0.15, 0.2) is 8.32 Å². The van der Waals surface area contributed by atoms with E-state index in [2.05, 4.69) is 39.8 Å². The van der Waals surface area contributed by atoms with Gasteiger partial charge in [-0.2, -0.15) is 0 Å². The van der Waals surface area contributed by atoms with E-state index in [1.807, 2.05) is 6.07 Å². The van der Waals surface area contributed by atoms with E-state index in [0.29, 0.717) is 5.56 Å². The fourth-order valence-electron chi connectivity index (χ4n) is 1.82. The van der Waals surface area contributed by atoms with Crippen LogP contribution in [-0.4, -0.2) is 37.7 Å². The Morgan fingerprint density at radius 3 is 2.25 bits per heavy atom. The number of carbonyl (C=O) groups is 1. The quantitative estimate of drug-likeness (QED) is 0.485. The van der Waals surface area contributed by atoms with Crippen molar-refractivity contribution in [2.45, 2.75) is 64.1 Å². The molecular weight excluding hydrogens is 320 g/mol. The number of hydrogen-bond acceptors (Lipinski definition) is 4. The van der Waals surface area contributed by atoms with E-state index in [1.54, 1.807) is 31.2 Å². The van der Waals surface area contributed by atoms with Crippen molar-refractivity contribution >= 4 is 14.3 Å². The maximum Gasteiger partial charge on any atom is 0.338 e. The van der Waals surface area contributed by atoms with Gasteiger partial charge in [0.2, 0.25) is 0 Å². The van der Waals surface area contributed by atoms with Crippen LogP contribution in [0.4, 0.5) is 0 Å². The molecule has 0 fully saturated rings. The molecule has 1 rings (SSSR count). The van der Waals surface area contributed by atoms with Gasteiger partial charge in [0, 0.05) is 0 Å². The number of benzene rings is 1. The first-order valence-corrected chi connectivity index (χ1v) is 11.0. The van der Waals surface area contributed by atoms with Gasteiger partial charge in [0.1, 0.15) is 18.3 Å². The Kier molecular flexibility index (Phi) is 6.79. The molecule has 0 amide bonds. The van der Waals surface area contributed by atoms with Crippen LogP contribution >= 0.6 is 0 Å². The number of carbonyl (C=O) groups excluding carboxylic acids is 1. The monoisotopic (exact) mass is 348 g/mol. The topological polar surface area (TPSA) is 55.8 Å². The Bertz CT molecular complexity index is 584. The lowest BCUT2D eigenvalue weighted by Gasteiger charge is -2.39. The van der Waals surface area contributed by atoms with Gasteiger partial charge >= 0.3 is 5.97 Å².